The lowest BCUT2D eigenvalue weighted by atomic mass is 10.00. The maximum atomic E-state index is 9.70. The Bertz CT molecular complexity index is 643. The van der Waals surface area contributed by atoms with Gasteiger partial charge in [0.05, 0.1) is 12.1 Å². The summed E-state index contributed by atoms with van der Waals surface area (Å²) in [6.45, 7) is 8.26. The Labute approximate surface area is 144 Å². The molecule has 0 amide bonds. The van der Waals surface area contributed by atoms with E-state index in [-0.39, 0.29) is 12.1 Å². The molecule has 24 heavy (non-hydrogen) atoms. The molecule has 3 rings (SSSR count). The Balaban J connectivity index is 1.90. The van der Waals surface area contributed by atoms with Crippen LogP contribution in [0, 0.1) is 0 Å². The van der Waals surface area contributed by atoms with Crippen molar-refractivity contribution >= 4 is 11.4 Å². The first kappa shape index (κ1) is 17.1. The summed E-state index contributed by atoms with van der Waals surface area (Å²) >= 11 is 0. The third-order valence-corrected chi connectivity index (χ3v) is 4.96. The van der Waals surface area contributed by atoms with Crippen LogP contribution in [0.25, 0.3) is 5.76 Å². The number of anilines is 1. The molecule has 0 aliphatic carbocycles. The van der Waals surface area contributed by atoms with Crippen LogP contribution in [-0.4, -0.2) is 30.3 Å². The van der Waals surface area contributed by atoms with Crippen molar-refractivity contribution in [3.8, 4) is 0 Å². The molecule has 2 aliphatic rings. The molecule has 0 bridgehead atoms. The number of hydrogen-bond donors (Lipinski definition) is 2. The number of aliphatic hydroxyl groups is 1. The van der Waals surface area contributed by atoms with Gasteiger partial charge < -0.3 is 14.8 Å². The molecule has 2 aliphatic heterocycles. The summed E-state index contributed by atoms with van der Waals surface area (Å²) in [6.07, 6.45) is 4.81. The van der Waals surface area contributed by atoms with E-state index in [2.05, 4.69) is 61.5 Å². The molecule has 4 heteroatoms. The van der Waals surface area contributed by atoms with Crippen molar-refractivity contribution in [1.82, 2.24) is 5.48 Å². The van der Waals surface area contributed by atoms with Crippen LogP contribution in [-0.2, 0) is 4.84 Å². The van der Waals surface area contributed by atoms with E-state index < -0.39 is 0 Å². The van der Waals surface area contributed by atoms with Crippen molar-refractivity contribution in [1.29, 1.82) is 0 Å². The van der Waals surface area contributed by atoms with Crippen molar-refractivity contribution < 1.29 is 9.94 Å². The SMILES string of the molecule is CC/C(C)=C\C1=C(c2cccc(N3CCC(O)CC3)c2)ONC1C. The maximum Gasteiger partial charge on any atom is 0.159 e. The lowest BCUT2D eigenvalue weighted by molar-refractivity contribution is 0.145. The average Bonchev–Trinajstić information content (AvgIpc) is 2.96. The highest BCUT2D eigenvalue weighted by atomic mass is 16.7. The van der Waals surface area contributed by atoms with Crippen LogP contribution in [0.2, 0.25) is 0 Å². The molecule has 1 unspecified atom stereocenters. The molecule has 0 spiro atoms. The van der Waals surface area contributed by atoms with E-state index in [1.54, 1.807) is 0 Å². The predicted molar refractivity (Wildman–Crippen MR) is 98.5 cm³/mol. The van der Waals surface area contributed by atoms with Crippen molar-refractivity contribution in [2.24, 2.45) is 0 Å². The van der Waals surface area contributed by atoms with Crippen LogP contribution in [0.1, 0.15) is 45.6 Å². The van der Waals surface area contributed by atoms with Crippen LogP contribution in [0.5, 0.6) is 0 Å². The van der Waals surface area contributed by atoms with Crippen LogP contribution < -0.4 is 10.4 Å². The molecule has 4 nitrogen and oxygen atoms in total. The Hall–Kier alpha value is -1.78. The van der Waals surface area contributed by atoms with Gasteiger partial charge in [0.2, 0.25) is 0 Å². The number of allylic oxidation sites excluding steroid dienone is 1. The zero-order valence-electron chi connectivity index (χ0n) is 14.9. The van der Waals surface area contributed by atoms with E-state index >= 15 is 0 Å². The number of piperidine rings is 1. The fourth-order valence-electron chi connectivity index (χ4n) is 3.22. The van der Waals surface area contributed by atoms with Crippen molar-refractivity contribution in [2.75, 3.05) is 18.0 Å². The Morgan fingerprint density at radius 3 is 2.83 bits per heavy atom. The number of hydroxylamine groups is 1. The van der Waals surface area contributed by atoms with Crippen LogP contribution in [0.4, 0.5) is 5.69 Å². The molecule has 2 N–H and O–H groups in total. The number of hydrogen-bond acceptors (Lipinski definition) is 4. The topological polar surface area (TPSA) is 44.7 Å². The molecular formula is C20H28N2O2. The zero-order valence-corrected chi connectivity index (χ0v) is 14.9. The first-order valence-corrected chi connectivity index (χ1v) is 8.95. The lowest BCUT2D eigenvalue weighted by Crippen LogP contribution is -2.35. The van der Waals surface area contributed by atoms with E-state index in [1.165, 1.54) is 16.8 Å². The molecule has 1 fully saturated rings. The lowest BCUT2D eigenvalue weighted by Gasteiger charge is -2.31. The van der Waals surface area contributed by atoms with E-state index in [9.17, 15) is 5.11 Å². The number of benzene rings is 1. The number of nitrogens with zero attached hydrogens (tertiary/aromatic N) is 1. The second-order valence-corrected chi connectivity index (χ2v) is 6.84. The predicted octanol–water partition coefficient (Wildman–Crippen LogP) is 3.64. The summed E-state index contributed by atoms with van der Waals surface area (Å²) in [7, 11) is 0. The fourth-order valence-corrected chi connectivity index (χ4v) is 3.22. The number of rotatable bonds is 4. The normalized spacial score (nSPS) is 22.9. The fraction of sp³-hybridized carbons (Fsp3) is 0.500. The van der Waals surface area contributed by atoms with Crippen molar-refractivity contribution in [3.05, 3.63) is 47.1 Å². The summed E-state index contributed by atoms with van der Waals surface area (Å²) in [4.78, 5) is 8.14. The highest BCUT2D eigenvalue weighted by molar-refractivity contribution is 5.71. The first-order valence-electron chi connectivity index (χ1n) is 8.95. The summed E-state index contributed by atoms with van der Waals surface area (Å²) in [6, 6.07) is 8.72. The third kappa shape index (κ3) is 3.65. The van der Waals surface area contributed by atoms with Gasteiger partial charge in [-0.2, -0.15) is 0 Å². The molecule has 130 valence electrons. The standard InChI is InChI=1S/C20H28N2O2/c1-4-14(2)12-19-15(3)21-24-20(19)16-6-5-7-17(13-16)22-10-8-18(23)9-11-22/h5-7,12-13,15,18,21,23H,4,8-11H2,1-3H3/b14-12-. The Morgan fingerprint density at radius 1 is 1.38 bits per heavy atom. The van der Waals surface area contributed by atoms with Crippen LogP contribution >= 0.6 is 0 Å². The van der Waals surface area contributed by atoms with Crippen molar-refractivity contribution in [3.63, 3.8) is 0 Å². The van der Waals surface area contributed by atoms with Crippen molar-refractivity contribution in [2.45, 2.75) is 52.2 Å². The number of nitrogens with one attached hydrogen (secondary N) is 1. The van der Waals surface area contributed by atoms with Gasteiger partial charge in [-0.05, 0) is 45.2 Å². The summed E-state index contributed by atoms with van der Waals surface area (Å²) < 4.78 is 0. The molecule has 1 atom stereocenters. The van der Waals surface area contributed by atoms with Gasteiger partial charge in [0, 0.05) is 29.9 Å². The molecule has 0 radical (unpaired) electrons. The van der Waals surface area contributed by atoms with Gasteiger partial charge in [-0.15, -0.1) is 5.48 Å². The highest BCUT2D eigenvalue weighted by Crippen LogP contribution is 2.31. The summed E-state index contributed by atoms with van der Waals surface area (Å²) in [5, 5.41) is 9.70. The second-order valence-electron chi connectivity index (χ2n) is 6.84. The van der Waals surface area contributed by atoms with E-state index in [4.69, 9.17) is 4.84 Å². The smallest absolute Gasteiger partial charge is 0.159 e. The third-order valence-electron chi connectivity index (χ3n) is 4.96. The van der Waals surface area contributed by atoms with Gasteiger partial charge in [0.15, 0.2) is 5.76 Å². The van der Waals surface area contributed by atoms with Crippen LogP contribution in [0.3, 0.4) is 0 Å². The molecule has 1 saturated heterocycles. The van der Waals surface area contributed by atoms with Gasteiger partial charge in [-0.25, -0.2) is 0 Å². The molecule has 1 aromatic carbocycles. The van der Waals surface area contributed by atoms with Gasteiger partial charge in [-0.3, -0.25) is 0 Å². The van der Waals surface area contributed by atoms with Gasteiger partial charge >= 0.3 is 0 Å². The Morgan fingerprint density at radius 2 is 2.12 bits per heavy atom. The maximum absolute atomic E-state index is 9.70. The minimum absolute atomic E-state index is 0.149. The van der Waals surface area contributed by atoms with E-state index in [0.29, 0.717) is 0 Å². The molecular weight excluding hydrogens is 300 g/mol. The van der Waals surface area contributed by atoms with Gasteiger partial charge in [-0.1, -0.05) is 30.7 Å². The zero-order chi connectivity index (χ0) is 17.1. The van der Waals surface area contributed by atoms with Gasteiger partial charge in [0.25, 0.3) is 0 Å². The molecule has 0 saturated carbocycles. The first-order chi connectivity index (χ1) is 11.6. The van der Waals surface area contributed by atoms with Gasteiger partial charge in [0.1, 0.15) is 0 Å². The quantitative estimate of drug-likeness (QED) is 0.886. The molecule has 0 aromatic heterocycles. The highest BCUT2D eigenvalue weighted by Gasteiger charge is 2.24. The Kier molecular flexibility index (Phi) is 5.27. The largest absolute Gasteiger partial charge is 0.407 e. The van der Waals surface area contributed by atoms with E-state index in [1.807, 2.05) is 0 Å². The second kappa shape index (κ2) is 7.41. The minimum Gasteiger partial charge on any atom is -0.407 e. The monoisotopic (exact) mass is 328 g/mol. The van der Waals surface area contributed by atoms with E-state index in [0.717, 1.165) is 43.7 Å². The summed E-state index contributed by atoms with van der Waals surface area (Å²) in [5.41, 5.74) is 7.95. The summed E-state index contributed by atoms with van der Waals surface area (Å²) in [5.74, 6) is 0.925. The molecule has 2 heterocycles. The average molecular weight is 328 g/mol. The molecule has 1 aromatic rings. The van der Waals surface area contributed by atoms with Crippen LogP contribution in [0.15, 0.2) is 41.5 Å². The number of aliphatic hydroxyl groups excluding tert-OH is 1. The minimum atomic E-state index is -0.149.